The van der Waals surface area contributed by atoms with E-state index in [1.54, 1.807) is 24.1 Å². The molecular weight excluding hydrogens is 472 g/mol. The number of hydrogen-bond acceptors (Lipinski definition) is 6. The van der Waals surface area contributed by atoms with Crippen molar-refractivity contribution in [1.29, 1.82) is 0 Å². The lowest BCUT2D eigenvalue weighted by Crippen LogP contribution is -2.39. The van der Waals surface area contributed by atoms with E-state index in [-0.39, 0.29) is 30.3 Å². The van der Waals surface area contributed by atoms with Crippen molar-refractivity contribution in [3.8, 4) is 5.75 Å². The summed E-state index contributed by atoms with van der Waals surface area (Å²) in [5.41, 5.74) is 0.925. The number of amides is 1. The molecule has 0 aliphatic carbocycles. The summed E-state index contributed by atoms with van der Waals surface area (Å²) in [4.78, 5) is 21.5. The van der Waals surface area contributed by atoms with Crippen LogP contribution in [0.5, 0.6) is 5.75 Å². The molecule has 10 heteroatoms. The summed E-state index contributed by atoms with van der Waals surface area (Å²) in [5, 5.41) is 0.380. The van der Waals surface area contributed by atoms with Gasteiger partial charge in [-0.2, -0.15) is 0 Å². The van der Waals surface area contributed by atoms with Gasteiger partial charge >= 0.3 is 0 Å². The van der Waals surface area contributed by atoms with Crippen molar-refractivity contribution in [2.24, 2.45) is 0 Å². The number of ether oxygens (including phenoxy) is 2. The lowest BCUT2D eigenvalue weighted by molar-refractivity contribution is -0.118. The molecule has 0 bridgehead atoms. The summed E-state index contributed by atoms with van der Waals surface area (Å²) in [5.74, 6) is -0.809. The maximum atomic E-state index is 14.2. The van der Waals surface area contributed by atoms with E-state index in [2.05, 4.69) is 9.88 Å². The van der Waals surface area contributed by atoms with Gasteiger partial charge in [-0.1, -0.05) is 23.5 Å². The summed E-state index contributed by atoms with van der Waals surface area (Å²) in [6.07, 6.45) is 0.912. The van der Waals surface area contributed by atoms with Crippen LogP contribution in [-0.4, -0.2) is 62.3 Å². The van der Waals surface area contributed by atoms with Gasteiger partial charge in [-0.05, 0) is 30.2 Å². The minimum atomic E-state index is -0.724. The first-order valence-electron chi connectivity index (χ1n) is 10.5. The Morgan fingerprint density at radius 2 is 1.94 bits per heavy atom. The second-order valence-electron chi connectivity index (χ2n) is 7.61. The Hall–Kier alpha value is -2.33. The molecule has 1 aliphatic rings. The first kappa shape index (κ1) is 25.3. The first-order valence-corrected chi connectivity index (χ1v) is 11.3. The summed E-state index contributed by atoms with van der Waals surface area (Å²) in [7, 11) is 1.59. The molecule has 1 amide bonds. The lowest BCUT2D eigenvalue weighted by atomic mass is 10.1. The van der Waals surface area contributed by atoms with Gasteiger partial charge in [0.05, 0.1) is 31.4 Å². The average molecular weight is 498 g/mol. The van der Waals surface area contributed by atoms with Crippen LogP contribution in [0.25, 0.3) is 10.2 Å². The van der Waals surface area contributed by atoms with Crippen LogP contribution in [0, 0.1) is 11.6 Å². The van der Waals surface area contributed by atoms with Crippen LogP contribution in [0.2, 0.25) is 0 Å². The number of carbonyl (C=O) groups excluding carboxylic acids is 1. The number of nitrogens with zero attached hydrogens (tertiary/aromatic N) is 3. The highest BCUT2D eigenvalue weighted by Gasteiger charge is 2.22. The van der Waals surface area contributed by atoms with Crippen LogP contribution in [-0.2, 0) is 16.0 Å². The number of benzene rings is 2. The maximum absolute atomic E-state index is 14.2. The number of halogens is 3. The minimum Gasteiger partial charge on any atom is -0.497 e. The van der Waals surface area contributed by atoms with E-state index in [4.69, 9.17) is 9.47 Å². The second kappa shape index (κ2) is 11.7. The van der Waals surface area contributed by atoms with E-state index in [0.717, 1.165) is 49.0 Å². The topological polar surface area (TPSA) is 54.9 Å². The van der Waals surface area contributed by atoms with Gasteiger partial charge in [0.2, 0.25) is 5.91 Å². The smallest absolute Gasteiger partial charge is 0.233 e. The first-order chi connectivity index (χ1) is 15.5. The van der Waals surface area contributed by atoms with Crippen molar-refractivity contribution < 1.29 is 23.0 Å². The number of fused-ring (bicyclic) bond motifs is 1. The Balaban J connectivity index is 0.00000306. The van der Waals surface area contributed by atoms with Gasteiger partial charge < -0.3 is 9.47 Å². The predicted octanol–water partition coefficient (Wildman–Crippen LogP) is 4.30. The van der Waals surface area contributed by atoms with E-state index in [9.17, 15) is 13.6 Å². The van der Waals surface area contributed by atoms with Crippen molar-refractivity contribution in [2.75, 3.05) is 51.4 Å². The van der Waals surface area contributed by atoms with Crippen LogP contribution in [0.1, 0.15) is 12.0 Å². The highest BCUT2D eigenvalue weighted by molar-refractivity contribution is 7.22. The maximum Gasteiger partial charge on any atom is 0.233 e. The molecule has 0 spiro atoms. The van der Waals surface area contributed by atoms with Crippen LogP contribution in [0.3, 0.4) is 0 Å². The van der Waals surface area contributed by atoms with Crippen LogP contribution in [0.4, 0.5) is 13.9 Å². The van der Waals surface area contributed by atoms with E-state index in [0.29, 0.717) is 35.3 Å². The lowest BCUT2D eigenvalue weighted by Gasteiger charge is -2.27. The number of thiazole rings is 1. The number of hydrogen-bond donors (Lipinski definition) is 0. The van der Waals surface area contributed by atoms with Crippen molar-refractivity contribution in [3.63, 3.8) is 0 Å². The molecule has 2 heterocycles. The molecule has 0 atom stereocenters. The molecule has 0 N–H and O–H groups in total. The van der Waals surface area contributed by atoms with E-state index >= 15 is 0 Å². The summed E-state index contributed by atoms with van der Waals surface area (Å²) >= 11 is 1.13. The number of morpholine rings is 1. The predicted molar refractivity (Wildman–Crippen MR) is 128 cm³/mol. The molecule has 0 radical (unpaired) electrons. The number of rotatable bonds is 8. The third-order valence-corrected chi connectivity index (χ3v) is 6.43. The molecule has 3 aromatic rings. The van der Waals surface area contributed by atoms with E-state index in [1.807, 2.05) is 12.1 Å². The van der Waals surface area contributed by atoms with Crippen molar-refractivity contribution in [2.45, 2.75) is 12.8 Å². The molecule has 0 unspecified atom stereocenters. The fourth-order valence-electron chi connectivity index (χ4n) is 3.68. The van der Waals surface area contributed by atoms with Crippen LogP contribution < -0.4 is 9.64 Å². The van der Waals surface area contributed by atoms with Gasteiger partial charge in [-0.3, -0.25) is 14.6 Å². The number of aromatic nitrogens is 1. The fraction of sp³-hybridized carbons (Fsp3) is 0.391. The minimum absolute atomic E-state index is 0. The molecule has 0 saturated carbocycles. The molecule has 2 aromatic carbocycles. The Kier molecular flexibility index (Phi) is 8.96. The fourth-order valence-corrected chi connectivity index (χ4v) is 4.73. The third-order valence-electron chi connectivity index (χ3n) is 5.41. The van der Waals surface area contributed by atoms with Gasteiger partial charge in [0.15, 0.2) is 10.9 Å². The summed E-state index contributed by atoms with van der Waals surface area (Å²) < 4.78 is 38.8. The molecule has 1 fully saturated rings. The highest BCUT2D eigenvalue weighted by Crippen LogP contribution is 2.31. The van der Waals surface area contributed by atoms with Crippen LogP contribution >= 0.6 is 23.7 Å². The van der Waals surface area contributed by atoms with Gasteiger partial charge in [-0.15, -0.1) is 12.4 Å². The van der Waals surface area contributed by atoms with Gasteiger partial charge in [0.25, 0.3) is 0 Å². The molecule has 33 heavy (non-hydrogen) atoms. The Morgan fingerprint density at radius 1 is 1.21 bits per heavy atom. The van der Waals surface area contributed by atoms with Crippen molar-refractivity contribution in [3.05, 3.63) is 53.6 Å². The zero-order valence-electron chi connectivity index (χ0n) is 18.3. The molecule has 1 aliphatic heterocycles. The van der Waals surface area contributed by atoms with Crippen LogP contribution in [0.15, 0.2) is 36.4 Å². The molecule has 178 valence electrons. The van der Waals surface area contributed by atoms with E-state index in [1.165, 1.54) is 6.07 Å². The largest absolute Gasteiger partial charge is 0.497 e. The number of methoxy groups -OCH3 is 1. The number of anilines is 1. The van der Waals surface area contributed by atoms with Crippen molar-refractivity contribution >= 4 is 45.0 Å². The standard InChI is InChI=1S/C23H25F2N3O3S.ClH/c1-30-18-5-3-16(4-6-18)13-21(29)28(8-2-7-27-9-11-31-12-10-27)23-26-22-19(25)14-17(24)15-20(22)32-23;/h3-6,14-15H,2,7-13H2,1H3;1H. The molecule has 1 aromatic heterocycles. The second-order valence-corrected chi connectivity index (χ2v) is 8.62. The Labute approximate surface area is 201 Å². The molecule has 1 saturated heterocycles. The molecule has 6 nitrogen and oxygen atoms in total. The van der Waals surface area contributed by atoms with E-state index < -0.39 is 11.6 Å². The van der Waals surface area contributed by atoms with Gasteiger partial charge in [0, 0.05) is 32.2 Å². The van der Waals surface area contributed by atoms with Gasteiger partial charge in [-0.25, -0.2) is 13.8 Å². The molecular formula is C23H26ClF2N3O3S. The monoisotopic (exact) mass is 497 g/mol. The normalized spacial score (nSPS) is 14.2. The highest BCUT2D eigenvalue weighted by atomic mass is 35.5. The number of carbonyl (C=O) groups is 1. The quantitative estimate of drug-likeness (QED) is 0.464. The average Bonchev–Trinajstić information content (AvgIpc) is 3.22. The SMILES string of the molecule is COc1ccc(CC(=O)N(CCCN2CCOCC2)c2nc3c(F)cc(F)cc3s2)cc1.Cl. The van der Waals surface area contributed by atoms with Gasteiger partial charge in [0.1, 0.15) is 17.1 Å². The summed E-state index contributed by atoms with van der Waals surface area (Å²) in [6, 6.07) is 9.36. The van der Waals surface area contributed by atoms with Crippen molar-refractivity contribution in [1.82, 2.24) is 9.88 Å². The zero-order chi connectivity index (χ0) is 22.5. The zero-order valence-corrected chi connectivity index (χ0v) is 19.9. The Bertz CT molecular complexity index is 1070. The molecule has 4 rings (SSSR count). The third kappa shape index (κ3) is 6.38. The summed E-state index contributed by atoms with van der Waals surface area (Å²) in [6.45, 7) is 4.42. The Morgan fingerprint density at radius 3 is 2.64 bits per heavy atom.